The fourth-order valence-electron chi connectivity index (χ4n) is 1.47. The molecule has 0 heterocycles. The first-order chi connectivity index (χ1) is 8.97. The highest BCUT2D eigenvalue weighted by Crippen LogP contribution is 2.26. The van der Waals surface area contributed by atoms with Crippen molar-refractivity contribution in [3.8, 4) is 0 Å². The van der Waals surface area contributed by atoms with Gasteiger partial charge in [-0.3, -0.25) is 4.79 Å². The number of anilines is 2. The lowest BCUT2D eigenvalue weighted by molar-refractivity contribution is 0.102. The summed E-state index contributed by atoms with van der Waals surface area (Å²) in [5.74, 6) is -0.287. The molecule has 0 atom stereocenters. The van der Waals surface area contributed by atoms with Gasteiger partial charge in [0.2, 0.25) is 0 Å². The molecule has 3 N–H and O–H groups in total. The van der Waals surface area contributed by atoms with E-state index in [2.05, 4.69) is 21.2 Å². The minimum atomic E-state index is -0.287. The van der Waals surface area contributed by atoms with Crippen LogP contribution in [0.2, 0.25) is 10.0 Å². The minimum absolute atomic E-state index is 0.287. The van der Waals surface area contributed by atoms with E-state index in [4.69, 9.17) is 28.9 Å². The summed E-state index contributed by atoms with van der Waals surface area (Å²) in [6.07, 6.45) is 0. The molecule has 0 radical (unpaired) electrons. The van der Waals surface area contributed by atoms with Gasteiger partial charge in [0.1, 0.15) is 0 Å². The first-order valence-corrected chi connectivity index (χ1v) is 6.83. The molecule has 0 aromatic heterocycles. The van der Waals surface area contributed by atoms with Crippen molar-refractivity contribution in [2.75, 3.05) is 11.1 Å². The van der Waals surface area contributed by atoms with Crippen LogP contribution in [0.3, 0.4) is 0 Å². The Balaban J connectivity index is 2.25. The zero-order valence-corrected chi connectivity index (χ0v) is 12.7. The lowest BCUT2D eigenvalue weighted by Gasteiger charge is -2.09. The maximum Gasteiger partial charge on any atom is 0.255 e. The lowest BCUT2D eigenvalue weighted by Crippen LogP contribution is -2.12. The maximum absolute atomic E-state index is 12.1. The quantitative estimate of drug-likeness (QED) is 0.770. The molecule has 0 aliphatic heterocycles. The van der Waals surface area contributed by atoms with Crippen LogP contribution in [0.4, 0.5) is 11.4 Å². The summed E-state index contributed by atoms with van der Waals surface area (Å²) < 4.78 is 0.745. The number of nitrogen functional groups attached to an aromatic ring is 1. The second kappa shape index (κ2) is 5.82. The van der Waals surface area contributed by atoms with Crippen LogP contribution in [0.15, 0.2) is 40.9 Å². The Morgan fingerprint density at radius 2 is 1.84 bits per heavy atom. The lowest BCUT2D eigenvalue weighted by atomic mass is 10.2. The molecule has 2 aromatic carbocycles. The molecule has 2 aromatic rings. The molecule has 0 saturated carbocycles. The molecule has 98 valence electrons. The van der Waals surface area contributed by atoms with E-state index in [0.29, 0.717) is 27.0 Å². The van der Waals surface area contributed by atoms with Gasteiger partial charge in [-0.15, -0.1) is 0 Å². The van der Waals surface area contributed by atoms with Gasteiger partial charge in [0.25, 0.3) is 5.91 Å². The van der Waals surface area contributed by atoms with E-state index in [0.717, 1.165) is 4.47 Å². The van der Waals surface area contributed by atoms with Crippen LogP contribution in [0.1, 0.15) is 10.4 Å². The third kappa shape index (κ3) is 3.41. The molecule has 1 amide bonds. The predicted octanol–water partition coefficient (Wildman–Crippen LogP) is 4.59. The minimum Gasteiger partial charge on any atom is -0.399 e. The normalized spacial score (nSPS) is 10.3. The average molecular weight is 360 g/mol. The molecule has 0 bridgehead atoms. The van der Waals surface area contributed by atoms with E-state index in [1.54, 1.807) is 30.3 Å². The number of amides is 1. The van der Waals surface area contributed by atoms with Crippen LogP contribution in [0, 0.1) is 0 Å². The largest absolute Gasteiger partial charge is 0.399 e. The van der Waals surface area contributed by atoms with Crippen LogP contribution in [-0.4, -0.2) is 5.91 Å². The molecule has 6 heteroatoms. The molecular weight excluding hydrogens is 351 g/mol. The highest BCUT2D eigenvalue weighted by molar-refractivity contribution is 9.10. The summed E-state index contributed by atoms with van der Waals surface area (Å²) >= 11 is 15.0. The van der Waals surface area contributed by atoms with Crippen LogP contribution in [-0.2, 0) is 0 Å². The molecule has 0 saturated heterocycles. The standard InChI is InChI=1S/C13H9BrCl2N2O/c14-9-3-2-8(17)6-12(9)18-13(19)7-1-4-10(15)11(16)5-7/h1-6H,17H2,(H,18,19). The van der Waals surface area contributed by atoms with Crippen molar-refractivity contribution in [1.82, 2.24) is 0 Å². The Morgan fingerprint density at radius 1 is 1.11 bits per heavy atom. The topological polar surface area (TPSA) is 55.1 Å². The summed E-state index contributed by atoms with van der Waals surface area (Å²) in [6.45, 7) is 0. The van der Waals surface area contributed by atoms with E-state index in [1.165, 1.54) is 6.07 Å². The molecular formula is C13H9BrCl2N2O. The summed E-state index contributed by atoms with van der Waals surface area (Å²) in [4.78, 5) is 12.1. The van der Waals surface area contributed by atoms with Gasteiger partial charge in [0.15, 0.2) is 0 Å². The fourth-order valence-corrected chi connectivity index (χ4v) is 2.11. The number of nitrogens with one attached hydrogen (secondary N) is 1. The van der Waals surface area contributed by atoms with E-state index < -0.39 is 0 Å². The van der Waals surface area contributed by atoms with Gasteiger partial charge < -0.3 is 11.1 Å². The zero-order chi connectivity index (χ0) is 14.0. The Morgan fingerprint density at radius 3 is 2.53 bits per heavy atom. The average Bonchev–Trinajstić information content (AvgIpc) is 2.37. The van der Waals surface area contributed by atoms with Gasteiger partial charge >= 0.3 is 0 Å². The Hall–Kier alpha value is -1.23. The number of hydrogen-bond donors (Lipinski definition) is 2. The van der Waals surface area contributed by atoms with Gasteiger partial charge in [0.05, 0.1) is 15.7 Å². The van der Waals surface area contributed by atoms with Crippen molar-refractivity contribution in [3.05, 3.63) is 56.5 Å². The van der Waals surface area contributed by atoms with Crippen molar-refractivity contribution in [3.63, 3.8) is 0 Å². The van der Waals surface area contributed by atoms with Crippen LogP contribution in [0.25, 0.3) is 0 Å². The second-order valence-corrected chi connectivity index (χ2v) is 5.49. The molecule has 0 spiro atoms. The van der Waals surface area contributed by atoms with Gasteiger partial charge in [-0.2, -0.15) is 0 Å². The molecule has 0 aliphatic carbocycles. The summed E-state index contributed by atoms with van der Waals surface area (Å²) in [5, 5.41) is 3.49. The first-order valence-electron chi connectivity index (χ1n) is 5.29. The molecule has 0 unspecified atom stereocenters. The number of benzene rings is 2. The molecule has 0 aliphatic rings. The summed E-state index contributed by atoms with van der Waals surface area (Å²) in [6, 6.07) is 9.86. The fraction of sp³-hybridized carbons (Fsp3) is 0. The Bertz CT molecular complexity index is 647. The van der Waals surface area contributed by atoms with Gasteiger partial charge in [-0.1, -0.05) is 23.2 Å². The van der Waals surface area contributed by atoms with Gasteiger partial charge in [0, 0.05) is 15.7 Å². The molecule has 3 nitrogen and oxygen atoms in total. The first kappa shape index (κ1) is 14.2. The number of halogens is 3. The smallest absolute Gasteiger partial charge is 0.255 e. The van der Waals surface area contributed by atoms with Crippen molar-refractivity contribution >= 4 is 56.4 Å². The van der Waals surface area contributed by atoms with Gasteiger partial charge in [-0.05, 0) is 52.3 Å². The maximum atomic E-state index is 12.1. The highest BCUT2D eigenvalue weighted by Gasteiger charge is 2.10. The van der Waals surface area contributed by atoms with Gasteiger partial charge in [-0.25, -0.2) is 0 Å². The molecule has 19 heavy (non-hydrogen) atoms. The van der Waals surface area contributed by atoms with Crippen LogP contribution < -0.4 is 11.1 Å². The predicted molar refractivity (Wildman–Crippen MR) is 83.0 cm³/mol. The third-order valence-electron chi connectivity index (χ3n) is 2.42. The number of carbonyl (C=O) groups is 1. The van der Waals surface area contributed by atoms with E-state index in [1.807, 2.05) is 0 Å². The van der Waals surface area contributed by atoms with Crippen LogP contribution in [0.5, 0.6) is 0 Å². The number of hydrogen-bond acceptors (Lipinski definition) is 2. The van der Waals surface area contributed by atoms with Crippen molar-refractivity contribution in [1.29, 1.82) is 0 Å². The van der Waals surface area contributed by atoms with Crippen molar-refractivity contribution in [2.45, 2.75) is 0 Å². The summed E-state index contributed by atoms with van der Waals surface area (Å²) in [5.41, 5.74) is 7.25. The third-order valence-corrected chi connectivity index (χ3v) is 3.85. The monoisotopic (exact) mass is 358 g/mol. The van der Waals surface area contributed by atoms with E-state index in [9.17, 15) is 4.79 Å². The number of rotatable bonds is 2. The second-order valence-electron chi connectivity index (χ2n) is 3.82. The van der Waals surface area contributed by atoms with Crippen molar-refractivity contribution < 1.29 is 4.79 Å². The van der Waals surface area contributed by atoms with Crippen molar-refractivity contribution in [2.24, 2.45) is 0 Å². The SMILES string of the molecule is Nc1ccc(Br)c(NC(=O)c2ccc(Cl)c(Cl)c2)c1. The summed E-state index contributed by atoms with van der Waals surface area (Å²) in [7, 11) is 0. The number of carbonyl (C=O) groups excluding carboxylic acids is 1. The number of nitrogens with two attached hydrogens (primary N) is 1. The van der Waals surface area contributed by atoms with E-state index >= 15 is 0 Å². The zero-order valence-electron chi connectivity index (χ0n) is 9.58. The molecule has 2 rings (SSSR count). The Labute approximate surface area is 128 Å². The highest BCUT2D eigenvalue weighted by atomic mass is 79.9. The molecule has 0 fully saturated rings. The van der Waals surface area contributed by atoms with E-state index in [-0.39, 0.29) is 5.91 Å². The Kier molecular flexibility index (Phi) is 4.34. The van der Waals surface area contributed by atoms with Crippen LogP contribution >= 0.6 is 39.1 Å².